The number of carbonyl (C=O) groups excluding carboxylic acids is 2. The van der Waals surface area contributed by atoms with Gasteiger partial charge in [-0.25, -0.2) is 9.59 Å². The average Bonchev–Trinajstić information content (AvgIpc) is 2.37. The smallest absolute Gasteiger partial charge is 0.331 e. The van der Waals surface area contributed by atoms with Gasteiger partial charge >= 0.3 is 11.7 Å². The summed E-state index contributed by atoms with van der Waals surface area (Å²) in [6.07, 6.45) is 1.99. The van der Waals surface area contributed by atoms with E-state index in [9.17, 15) is 19.2 Å². The van der Waals surface area contributed by atoms with E-state index in [1.165, 1.54) is 14.0 Å². The molecule has 8 heteroatoms. The predicted octanol–water partition coefficient (Wildman–Crippen LogP) is -0.475. The van der Waals surface area contributed by atoms with Crippen molar-refractivity contribution in [1.82, 2.24) is 15.3 Å². The van der Waals surface area contributed by atoms with Crippen LogP contribution in [0.3, 0.4) is 0 Å². The zero-order chi connectivity index (χ0) is 15.3. The lowest BCUT2D eigenvalue weighted by atomic mass is 9.96. The van der Waals surface area contributed by atoms with E-state index < -0.39 is 28.7 Å². The maximum absolute atomic E-state index is 12.0. The Morgan fingerprint density at radius 2 is 2.05 bits per heavy atom. The predicted molar refractivity (Wildman–Crippen MR) is 70.5 cm³/mol. The zero-order valence-electron chi connectivity index (χ0n) is 11.5. The van der Waals surface area contributed by atoms with Gasteiger partial charge in [0.25, 0.3) is 11.5 Å². The minimum Gasteiger partial charge on any atom is -0.467 e. The Morgan fingerprint density at radius 3 is 2.55 bits per heavy atom. The van der Waals surface area contributed by atoms with Crippen molar-refractivity contribution in [3.63, 3.8) is 0 Å². The second-order valence-corrected chi connectivity index (χ2v) is 4.51. The Labute approximate surface area is 114 Å². The molecule has 20 heavy (non-hydrogen) atoms. The maximum Gasteiger partial charge on any atom is 0.331 e. The standard InChI is InChI=1S/C12H17N3O5/c1-4-5-12(2,10(18)20-3)15-9(17)7-6-13-11(19)14-8(7)16/h6H,4-5H2,1-3H3,(H,15,17)(H2,13,14,16,19). The molecular formula is C12H17N3O5. The average molecular weight is 283 g/mol. The van der Waals surface area contributed by atoms with Crippen molar-refractivity contribution in [1.29, 1.82) is 0 Å². The van der Waals surface area contributed by atoms with Crippen molar-refractivity contribution in [3.8, 4) is 0 Å². The summed E-state index contributed by atoms with van der Waals surface area (Å²) in [4.78, 5) is 50.3. The van der Waals surface area contributed by atoms with Crippen LogP contribution in [0.15, 0.2) is 15.8 Å². The molecule has 0 saturated heterocycles. The fraction of sp³-hybridized carbons (Fsp3) is 0.500. The molecule has 110 valence electrons. The van der Waals surface area contributed by atoms with Crippen LogP contribution in [0.25, 0.3) is 0 Å². The van der Waals surface area contributed by atoms with Crippen molar-refractivity contribution >= 4 is 11.9 Å². The van der Waals surface area contributed by atoms with E-state index in [1.807, 2.05) is 11.9 Å². The Balaban J connectivity index is 3.05. The van der Waals surface area contributed by atoms with Crippen LogP contribution in [0.2, 0.25) is 0 Å². The number of rotatable bonds is 5. The van der Waals surface area contributed by atoms with Gasteiger partial charge in [-0.05, 0) is 13.3 Å². The van der Waals surface area contributed by atoms with Crippen LogP contribution in [0.1, 0.15) is 37.0 Å². The van der Waals surface area contributed by atoms with Crippen molar-refractivity contribution < 1.29 is 14.3 Å². The number of aromatic amines is 2. The van der Waals surface area contributed by atoms with Gasteiger partial charge < -0.3 is 15.0 Å². The number of nitrogens with one attached hydrogen (secondary N) is 3. The molecule has 0 bridgehead atoms. The second kappa shape index (κ2) is 6.18. The highest BCUT2D eigenvalue weighted by atomic mass is 16.5. The molecular weight excluding hydrogens is 266 g/mol. The molecule has 1 rings (SSSR count). The minimum atomic E-state index is -1.23. The molecule has 1 heterocycles. The summed E-state index contributed by atoms with van der Waals surface area (Å²) in [5.41, 5.74) is -3.05. The van der Waals surface area contributed by atoms with Gasteiger partial charge in [-0.2, -0.15) is 0 Å². The third kappa shape index (κ3) is 3.34. The topological polar surface area (TPSA) is 121 Å². The lowest BCUT2D eigenvalue weighted by molar-refractivity contribution is -0.147. The van der Waals surface area contributed by atoms with Crippen molar-refractivity contribution in [2.75, 3.05) is 7.11 Å². The van der Waals surface area contributed by atoms with Crippen molar-refractivity contribution in [2.45, 2.75) is 32.2 Å². The van der Waals surface area contributed by atoms with Crippen LogP contribution in [0, 0.1) is 0 Å². The van der Waals surface area contributed by atoms with Gasteiger partial charge in [0.15, 0.2) is 0 Å². The van der Waals surface area contributed by atoms with Crippen molar-refractivity contribution in [3.05, 3.63) is 32.6 Å². The minimum absolute atomic E-state index is 0.282. The number of carbonyl (C=O) groups is 2. The third-order valence-electron chi connectivity index (χ3n) is 2.84. The summed E-state index contributed by atoms with van der Waals surface area (Å²) in [5.74, 6) is -1.36. The highest BCUT2D eigenvalue weighted by Gasteiger charge is 2.35. The molecule has 1 aromatic rings. The summed E-state index contributed by atoms with van der Waals surface area (Å²) in [6, 6.07) is 0. The Bertz CT molecular complexity index is 618. The van der Waals surface area contributed by atoms with E-state index >= 15 is 0 Å². The van der Waals surface area contributed by atoms with Gasteiger partial charge in [0.05, 0.1) is 7.11 Å². The quantitative estimate of drug-likeness (QED) is 0.630. The molecule has 0 aliphatic rings. The molecule has 3 N–H and O–H groups in total. The highest BCUT2D eigenvalue weighted by Crippen LogP contribution is 2.14. The number of amides is 1. The molecule has 0 aliphatic heterocycles. The van der Waals surface area contributed by atoms with E-state index in [0.29, 0.717) is 12.8 Å². The number of H-pyrrole nitrogens is 2. The fourth-order valence-electron chi connectivity index (χ4n) is 1.84. The molecule has 1 aromatic heterocycles. The molecule has 1 amide bonds. The van der Waals surface area contributed by atoms with E-state index in [1.54, 1.807) is 0 Å². The van der Waals surface area contributed by atoms with Gasteiger partial charge in [0.1, 0.15) is 11.1 Å². The first-order chi connectivity index (χ1) is 9.34. The van der Waals surface area contributed by atoms with E-state index in [-0.39, 0.29) is 5.56 Å². The van der Waals surface area contributed by atoms with Crippen LogP contribution >= 0.6 is 0 Å². The molecule has 0 radical (unpaired) electrons. The maximum atomic E-state index is 12.0. The molecule has 0 aromatic carbocycles. The fourth-order valence-corrected chi connectivity index (χ4v) is 1.84. The lowest BCUT2D eigenvalue weighted by Crippen LogP contribution is -2.53. The SMILES string of the molecule is CCCC(C)(NC(=O)c1c[nH]c(=O)[nH]c1=O)C(=O)OC. The number of ether oxygens (including phenoxy) is 1. The second-order valence-electron chi connectivity index (χ2n) is 4.51. The monoisotopic (exact) mass is 283 g/mol. The van der Waals surface area contributed by atoms with E-state index in [0.717, 1.165) is 6.20 Å². The molecule has 0 aliphatic carbocycles. The first kappa shape index (κ1) is 15.7. The summed E-state index contributed by atoms with van der Waals surface area (Å²) < 4.78 is 4.66. The number of aromatic nitrogens is 2. The number of methoxy groups -OCH3 is 1. The Kier molecular flexibility index (Phi) is 4.84. The Morgan fingerprint density at radius 1 is 1.40 bits per heavy atom. The molecule has 1 unspecified atom stereocenters. The molecule has 0 spiro atoms. The van der Waals surface area contributed by atoms with Crippen LogP contribution in [-0.4, -0.2) is 34.5 Å². The molecule has 0 saturated carbocycles. The highest BCUT2D eigenvalue weighted by molar-refractivity contribution is 5.97. The summed E-state index contributed by atoms with van der Waals surface area (Å²) in [6.45, 7) is 3.36. The van der Waals surface area contributed by atoms with E-state index in [2.05, 4.69) is 15.0 Å². The number of hydrogen-bond donors (Lipinski definition) is 3. The molecule has 0 fully saturated rings. The molecule has 1 atom stereocenters. The number of hydrogen-bond acceptors (Lipinski definition) is 5. The lowest BCUT2D eigenvalue weighted by Gasteiger charge is -2.27. The van der Waals surface area contributed by atoms with Crippen LogP contribution in [-0.2, 0) is 9.53 Å². The van der Waals surface area contributed by atoms with Crippen LogP contribution in [0.5, 0.6) is 0 Å². The van der Waals surface area contributed by atoms with Gasteiger partial charge in [0, 0.05) is 6.20 Å². The third-order valence-corrected chi connectivity index (χ3v) is 2.84. The van der Waals surface area contributed by atoms with Gasteiger partial charge in [0.2, 0.25) is 0 Å². The van der Waals surface area contributed by atoms with Crippen LogP contribution < -0.4 is 16.6 Å². The van der Waals surface area contributed by atoms with E-state index in [4.69, 9.17) is 0 Å². The summed E-state index contributed by atoms with van der Waals surface area (Å²) in [5, 5.41) is 2.47. The Hall–Kier alpha value is -2.38. The number of esters is 1. The first-order valence-corrected chi connectivity index (χ1v) is 6.07. The van der Waals surface area contributed by atoms with Gasteiger partial charge in [-0.15, -0.1) is 0 Å². The largest absolute Gasteiger partial charge is 0.467 e. The molecule has 8 nitrogen and oxygen atoms in total. The zero-order valence-corrected chi connectivity index (χ0v) is 11.5. The normalized spacial score (nSPS) is 13.3. The van der Waals surface area contributed by atoms with Gasteiger partial charge in [-0.1, -0.05) is 13.3 Å². The summed E-state index contributed by atoms with van der Waals surface area (Å²) >= 11 is 0. The van der Waals surface area contributed by atoms with Crippen molar-refractivity contribution in [2.24, 2.45) is 0 Å². The summed E-state index contributed by atoms with van der Waals surface area (Å²) in [7, 11) is 1.22. The van der Waals surface area contributed by atoms with Gasteiger partial charge in [-0.3, -0.25) is 14.6 Å². The first-order valence-electron chi connectivity index (χ1n) is 6.07. The van der Waals surface area contributed by atoms with Crippen LogP contribution in [0.4, 0.5) is 0 Å².